The van der Waals surface area contributed by atoms with Crippen LogP contribution in [0, 0.1) is 0 Å². The van der Waals surface area contributed by atoms with Gasteiger partial charge >= 0.3 is 0 Å². The third kappa shape index (κ3) is 5.61. The predicted molar refractivity (Wildman–Crippen MR) is 122 cm³/mol. The number of benzene rings is 3. The lowest BCUT2D eigenvalue weighted by Crippen LogP contribution is -2.36. The molecule has 1 atom stereocenters. The van der Waals surface area contributed by atoms with Crippen LogP contribution in [-0.4, -0.2) is 26.7 Å². The minimum Gasteiger partial charge on any atom is -0.494 e. The first-order chi connectivity index (χ1) is 14.9. The highest BCUT2D eigenvalue weighted by Crippen LogP contribution is 2.33. The van der Waals surface area contributed by atoms with Crippen molar-refractivity contribution in [2.45, 2.75) is 32.3 Å². The van der Waals surface area contributed by atoms with E-state index < -0.39 is 11.8 Å². The second-order valence-corrected chi connectivity index (χ2v) is 7.73. The van der Waals surface area contributed by atoms with E-state index in [0.717, 1.165) is 16.9 Å². The Hall–Kier alpha value is -2.92. The molecule has 164 valence electrons. The number of para-hydroxylation sites is 1. The van der Waals surface area contributed by atoms with Gasteiger partial charge in [-0.2, -0.15) is 0 Å². The molecule has 0 bridgehead atoms. The van der Waals surface area contributed by atoms with Crippen LogP contribution in [0.2, 0.25) is 0 Å². The molecular weight excluding hydrogens is 396 g/mol. The first-order valence-electron chi connectivity index (χ1n) is 10.4. The maximum Gasteiger partial charge on any atom is 0.250 e. The quantitative estimate of drug-likeness (QED) is 0.366. The summed E-state index contributed by atoms with van der Waals surface area (Å²) in [7, 11) is 2.00. The molecule has 0 aliphatic carbocycles. The second-order valence-electron chi connectivity index (χ2n) is 7.73. The van der Waals surface area contributed by atoms with Crippen LogP contribution in [0.5, 0.6) is 5.75 Å². The van der Waals surface area contributed by atoms with Crippen molar-refractivity contribution in [3.63, 3.8) is 0 Å². The Morgan fingerprint density at radius 1 is 0.903 bits per heavy atom. The van der Waals surface area contributed by atoms with E-state index >= 15 is 0 Å². The second kappa shape index (κ2) is 10.4. The number of nitrogens with zero attached hydrogens (tertiary/aromatic N) is 1. The van der Waals surface area contributed by atoms with Crippen molar-refractivity contribution >= 4 is 11.4 Å². The maximum atomic E-state index is 14.0. The molecule has 0 heterocycles. The Labute approximate surface area is 183 Å². The monoisotopic (exact) mass is 425 g/mol. The summed E-state index contributed by atoms with van der Waals surface area (Å²) in [6.45, 7) is 4.13. The average Bonchev–Trinajstić information content (AvgIpc) is 2.80. The van der Waals surface area contributed by atoms with E-state index in [1.807, 2.05) is 68.6 Å². The first-order valence-corrected chi connectivity index (χ1v) is 10.4. The fourth-order valence-electron chi connectivity index (χ4n) is 3.41. The van der Waals surface area contributed by atoms with Crippen LogP contribution in [0.4, 0.5) is 20.2 Å². The molecule has 3 aromatic carbocycles. The van der Waals surface area contributed by atoms with Gasteiger partial charge in [0.15, 0.2) is 0 Å². The summed E-state index contributed by atoms with van der Waals surface area (Å²) in [6, 6.07) is 24.8. The van der Waals surface area contributed by atoms with Gasteiger partial charge in [0.25, 0.3) is 0 Å². The molecule has 0 aliphatic heterocycles. The highest BCUT2D eigenvalue weighted by atomic mass is 19.3. The fourth-order valence-corrected chi connectivity index (χ4v) is 3.41. The van der Waals surface area contributed by atoms with Crippen LogP contribution in [0.1, 0.15) is 25.0 Å². The number of ether oxygens (including phenoxy) is 2. The molecule has 0 saturated carbocycles. The van der Waals surface area contributed by atoms with Gasteiger partial charge in [-0.25, -0.2) is 8.78 Å². The van der Waals surface area contributed by atoms with Crippen molar-refractivity contribution in [1.82, 2.24) is 0 Å². The predicted octanol–water partition coefficient (Wildman–Crippen LogP) is 6.59. The molecule has 0 aliphatic rings. The molecule has 0 saturated heterocycles. The number of alkyl halides is 2. The number of rotatable bonds is 10. The topological polar surface area (TPSA) is 21.7 Å². The van der Waals surface area contributed by atoms with Gasteiger partial charge in [0.2, 0.25) is 6.43 Å². The largest absolute Gasteiger partial charge is 0.494 e. The van der Waals surface area contributed by atoms with E-state index in [2.05, 4.69) is 4.90 Å². The zero-order chi connectivity index (χ0) is 22.3. The van der Waals surface area contributed by atoms with Crippen LogP contribution in [0.25, 0.3) is 0 Å². The van der Waals surface area contributed by atoms with Crippen molar-refractivity contribution in [1.29, 1.82) is 0 Å². The smallest absolute Gasteiger partial charge is 0.250 e. The summed E-state index contributed by atoms with van der Waals surface area (Å²) in [6.07, 6.45) is -2.55. The molecule has 1 unspecified atom stereocenters. The van der Waals surface area contributed by atoms with Crippen LogP contribution in [0.3, 0.4) is 0 Å². The standard InChI is InChI=1S/C26H29F2NO2/c1-4-31-24-15-13-21(14-16-24)26(2,25(27)28)19-30-18-20-9-8-12-23(17-20)29(3)22-10-6-5-7-11-22/h5-17,25H,4,18-19H2,1-3H3. The Morgan fingerprint density at radius 2 is 1.58 bits per heavy atom. The van der Waals surface area contributed by atoms with E-state index in [4.69, 9.17) is 9.47 Å². The van der Waals surface area contributed by atoms with Gasteiger partial charge in [-0.1, -0.05) is 42.5 Å². The third-order valence-corrected chi connectivity index (χ3v) is 5.42. The van der Waals surface area contributed by atoms with Crippen molar-refractivity contribution in [2.75, 3.05) is 25.2 Å². The third-order valence-electron chi connectivity index (χ3n) is 5.42. The molecule has 3 nitrogen and oxygen atoms in total. The number of hydrogen-bond acceptors (Lipinski definition) is 3. The molecule has 0 radical (unpaired) electrons. The molecule has 3 aromatic rings. The molecule has 0 aromatic heterocycles. The lowest BCUT2D eigenvalue weighted by atomic mass is 9.83. The summed E-state index contributed by atoms with van der Waals surface area (Å²) in [5.74, 6) is 0.670. The molecule has 0 spiro atoms. The summed E-state index contributed by atoms with van der Waals surface area (Å²) in [5.41, 5.74) is 2.15. The minimum atomic E-state index is -2.55. The minimum absolute atomic E-state index is 0.0859. The molecule has 5 heteroatoms. The van der Waals surface area contributed by atoms with Gasteiger partial charge < -0.3 is 14.4 Å². The highest BCUT2D eigenvalue weighted by molar-refractivity contribution is 5.62. The van der Waals surface area contributed by atoms with Crippen molar-refractivity contribution in [2.24, 2.45) is 0 Å². The average molecular weight is 426 g/mol. The van der Waals surface area contributed by atoms with E-state index in [1.165, 1.54) is 6.92 Å². The van der Waals surface area contributed by atoms with Crippen LogP contribution >= 0.6 is 0 Å². The molecule has 0 fully saturated rings. The Kier molecular flexibility index (Phi) is 7.64. The number of hydrogen-bond donors (Lipinski definition) is 0. The van der Waals surface area contributed by atoms with E-state index in [9.17, 15) is 8.78 Å². The summed E-state index contributed by atoms with van der Waals surface area (Å²) < 4.78 is 39.2. The normalized spacial score (nSPS) is 13.1. The van der Waals surface area contributed by atoms with Gasteiger partial charge in [0.1, 0.15) is 5.75 Å². The number of halogens is 2. The lowest BCUT2D eigenvalue weighted by molar-refractivity contribution is -0.0128. The van der Waals surface area contributed by atoms with Crippen LogP contribution < -0.4 is 9.64 Å². The summed E-state index contributed by atoms with van der Waals surface area (Å²) in [4.78, 5) is 2.08. The Bertz CT molecular complexity index is 947. The Morgan fingerprint density at radius 3 is 2.23 bits per heavy atom. The van der Waals surface area contributed by atoms with Crippen molar-refractivity contribution < 1.29 is 18.3 Å². The maximum absolute atomic E-state index is 14.0. The molecule has 0 N–H and O–H groups in total. The molecule has 0 amide bonds. The molecule has 31 heavy (non-hydrogen) atoms. The van der Waals surface area contributed by atoms with E-state index in [0.29, 0.717) is 17.9 Å². The van der Waals surface area contributed by atoms with E-state index in [1.54, 1.807) is 24.3 Å². The van der Waals surface area contributed by atoms with Gasteiger partial charge in [-0.05, 0) is 61.4 Å². The lowest BCUT2D eigenvalue weighted by Gasteiger charge is -2.29. The zero-order valence-corrected chi connectivity index (χ0v) is 18.2. The summed E-state index contributed by atoms with van der Waals surface area (Å²) in [5, 5.41) is 0. The Balaban J connectivity index is 1.67. The highest BCUT2D eigenvalue weighted by Gasteiger charge is 2.37. The molecular formula is C26H29F2NO2. The molecule has 3 rings (SSSR count). The van der Waals surface area contributed by atoms with Crippen molar-refractivity contribution in [3.05, 3.63) is 90.0 Å². The first kappa shape index (κ1) is 22.8. The SMILES string of the molecule is CCOc1ccc(C(C)(COCc2cccc(N(C)c3ccccc3)c2)C(F)F)cc1. The van der Waals surface area contributed by atoms with Crippen LogP contribution in [0.15, 0.2) is 78.9 Å². The summed E-state index contributed by atoms with van der Waals surface area (Å²) >= 11 is 0. The van der Waals surface area contributed by atoms with E-state index in [-0.39, 0.29) is 13.2 Å². The zero-order valence-electron chi connectivity index (χ0n) is 18.2. The van der Waals surface area contributed by atoms with Crippen molar-refractivity contribution in [3.8, 4) is 5.75 Å². The van der Waals surface area contributed by atoms with Gasteiger partial charge in [-0.3, -0.25) is 0 Å². The van der Waals surface area contributed by atoms with Gasteiger partial charge in [0.05, 0.1) is 25.2 Å². The van der Waals surface area contributed by atoms with Gasteiger partial charge in [-0.15, -0.1) is 0 Å². The number of anilines is 2. The fraction of sp³-hybridized carbons (Fsp3) is 0.308. The van der Waals surface area contributed by atoms with Gasteiger partial charge in [0, 0.05) is 18.4 Å². The van der Waals surface area contributed by atoms with Crippen LogP contribution in [-0.2, 0) is 16.8 Å².